The van der Waals surface area contributed by atoms with E-state index in [0.717, 1.165) is 5.56 Å². The third-order valence-corrected chi connectivity index (χ3v) is 4.90. The number of terminal acetylenes is 1. The summed E-state index contributed by atoms with van der Waals surface area (Å²) in [5, 5.41) is 2.87. The monoisotopic (exact) mass is 371 g/mol. The van der Waals surface area contributed by atoms with E-state index in [1.807, 2.05) is 18.2 Å². The van der Waals surface area contributed by atoms with Crippen molar-refractivity contribution >= 4 is 39.1 Å². The summed E-state index contributed by atoms with van der Waals surface area (Å²) >= 11 is 7.54. The molecule has 5 nitrogen and oxygen atoms in total. The van der Waals surface area contributed by atoms with Crippen molar-refractivity contribution in [3.8, 4) is 12.3 Å². The van der Waals surface area contributed by atoms with E-state index in [0.29, 0.717) is 15.2 Å². The van der Waals surface area contributed by atoms with Crippen molar-refractivity contribution in [3.05, 3.63) is 63.0 Å². The molecule has 0 spiro atoms. The summed E-state index contributed by atoms with van der Waals surface area (Å²) in [4.78, 5) is 31.4. The van der Waals surface area contributed by atoms with Gasteiger partial charge in [0.2, 0.25) is 5.91 Å². The van der Waals surface area contributed by atoms with Gasteiger partial charge in [0.25, 0.3) is 5.56 Å². The first-order valence-electron chi connectivity index (χ1n) is 7.47. The Bertz CT molecular complexity index is 1020. The van der Waals surface area contributed by atoms with E-state index in [1.165, 1.54) is 27.1 Å². The normalized spacial score (nSPS) is 10.6. The van der Waals surface area contributed by atoms with Gasteiger partial charge in [0, 0.05) is 11.6 Å². The lowest BCUT2D eigenvalue weighted by molar-refractivity contribution is -0.131. The Morgan fingerprint density at radius 2 is 2.16 bits per heavy atom. The maximum Gasteiger partial charge on any atom is 0.262 e. The highest BCUT2D eigenvalue weighted by molar-refractivity contribution is 7.16. The molecule has 0 N–H and O–H groups in total. The molecule has 0 aliphatic heterocycles. The first-order chi connectivity index (χ1) is 12.1. The Labute approximate surface area is 153 Å². The number of benzene rings is 1. The van der Waals surface area contributed by atoms with Crippen LogP contribution in [0.2, 0.25) is 5.02 Å². The number of hydrogen-bond donors (Lipinski definition) is 0. The summed E-state index contributed by atoms with van der Waals surface area (Å²) in [6.45, 7) is 0.294. The van der Waals surface area contributed by atoms with Crippen LogP contribution in [0, 0.1) is 12.3 Å². The molecule has 0 aliphatic carbocycles. The predicted molar refractivity (Wildman–Crippen MR) is 99.6 cm³/mol. The van der Waals surface area contributed by atoms with Crippen molar-refractivity contribution in [1.82, 2.24) is 14.5 Å². The second-order valence-electron chi connectivity index (χ2n) is 5.36. The molecule has 0 fully saturated rings. The molecule has 1 amide bonds. The van der Waals surface area contributed by atoms with Crippen molar-refractivity contribution in [1.29, 1.82) is 0 Å². The first kappa shape index (κ1) is 17.2. The summed E-state index contributed by atoms with van der Waals surface area (Å²) in [6, 6.07) is 8.97. The van der Waals surface area contributed by atoms with Crippen LogP contribution in [-0.4, -0.2) is 26.9 Å². The predicted octanol–water partition coefficient (Wildman–Crippen LogP) is 2.77. The molecule has 0 saturated heterocycles. The number of carbonyl (C=O) groups excluding carboxylic acids is 1. The number of halogens is 1. The van der Waals surface area contributed by atoms with E-state index < -0.39 is 0 Å². The van der Waals surface area contributed by atoms with Gasteiger partial charge in [-0.05, 0) is 23.1 Å². The Morgan fingerprint density at radius 3 is 2.92 bits per heavy atom. The molecule has 7 heteroatoms. The number of thiophene rings is 1. The molecule has 2 aromatic heterocycles. The zero-order chi connectivity index (χ0) is 17.8. The topological polar surface area (TPSA) is 55.2 Å². The molecule has 0 aliphatic rings. The molecule has 25 heavy (non-hydrogen) atoms. The van der Waals surface area contributed by atoms with Crippen molar-refractivity contribution in [3.63, 3.8) is 0 Å². The maximum absolute atomic E-state index is 12.6. The molecular weight excluding hydrogens is 358 g/mol. The summed E-state index contributed by atoms with van der Waals surface area (Å²) in [6.07, 6.45) is 6.78. The van der Waals surface area contributed by atoms with Gasteiger partial charge in [-0.15, -0.1) is 17.8 Å². The highest BCUT2D eigenvalue weighted by Crippen LogP contribution is 2.17. The minimum atomic E-state index is -0.267. The fourth-order valence-electron chi connectivity index (χ4n) is 2.43. The van der Waals surface area contributed by atoms with Crippen LogP contribution >= 0.6 is 22.9 Å². The Balaban J connectivity index is 1.83. The van der Waals surface area contributed by atoms with Crippen LogP contribution in [-0.2, 0) is 17.9 Å². The minimum absolute atomic E-state index is 0.121. The van der Waals surface area contributed by atoms with Gasteiger partial charge >= 0.3 is 0 Å². The Kier molecular flexibility index (Phi) is 5.17. The lowest BCUT2D eigenvalue weighted by Crippen LogP contribution is -2.36. The molecule has 3 aromatic rings. The largest absolute Gasteiger partial charge is 0.326 e. The second kappa shape index (κ2) is 7.51. The fourth-order valence-corrected chi connectivity index (χ4v) is 3.35. The quantitative estimate of drug-likeness (QED) is 0.648. The standard InChI is InChI=1S/C18H14ClN3O2S/c1-2-8-21(10-13-5-3-4-6-15(13)19)16(23)11-22-12-20-17-14(18(22)24)7-9-25-17/h1,3-7,9,12H,8,10-11H2. The molecule has 0 unspecified atom stereocenters. The Hall–Kier alpha value is -2.62. The van der Waals surface area contributed by atoms with Gasteiger partial charge < -0.3 is 4.90 Å². The van der Waals surface area contributed by atoms with Crippen molar-refractivity contribution in [2.45, 2.75) is 13.1 Å². The van der Waals surface area contributed by atoms with Crippen LogP contribution in [0.1, 0.15) is 5.56 Å². The van der Waals surface area contributed by atoms with Gasteiger partial charge in [0.05, 0.1) is 18.3 Å². The summed E-state index contributed by atoms with van der Waals surface area (Å²) < 4.78 is 1.30. The summed E-state index contributed by atoms with van der Waals surface area (Å²) in [5.41, 5.74) is 0.560. The number of nitrogens with zero attached hydrogens (tertiary/aromatic N) is 3. The molecule has 0 atom stereocenters. The fraction of sp³-hybridized carbons (Fsp3) is 0.167. The first-order valence-corrected chi connectivity index (χ1v) is 8.73. The number of amides is 1. The van der Waals surface area contributed by atoms with Crippen molar-refractivity contribution in [2.24, 2.45) is 0 Å². The van der Waals surface area contributed by atoms with E-state index in [4.69, 9.17) is 18.0 Å². The van der Waals surface area contributed by atoms with Gasteiger partial charge in [-0.25, -0.2) is 4.98 Å². The van der Waals surface area contributed by atoms with Gasteiger partial charge in [0.15, 0.2) is 0 Å². The minimum Gasteiger partial charge on any atom is -0.326 e. The zero-order valence-corrected chi connectivity index (χ0v) is 14.8. The average molecular weight is 372 g/mol. The number of aromatic nitrogens is 2. The third kappa shape index (κ3) is 3.73. The summed E-state index contributed by atoms with van der Waals surface area (Å²) in [7, 11) is 0. The van der Waals surface area contributed by atoms with Crippen LogP contribution < -0.4 is 5.56 Å². The summed E-state index contributed by atoms with van der Waals surface area (Å²) in [5.74, 6) is 2.21. The number of hydrogen-bond acceptors (Lipinski definition) is 4. The van der Waals surface area contributed by atoms with Crippen molar-refractivity contribution < 1.29 is 4.79 Å². The van der Waals surface area contributed by atoms with E-state index in [2.05, 4.69) is 10.9 Å². The van der Waals surface area contributed by atoms with E-state index >= 15 is 0 Å². The number of carbonyl (C=O) groups is 1. The lowest BCUT2D eigenvalue weighted by Gasteiger charge is -2.21. The van der Waals surface area contributed by atoms with Crippen LogP contribution in [0.3, 0.4) is 0 Å². The highest BCUT2D eigenvalue weighted by Gasteiger charge is 2.16. The van der Waals surface area contributed by atoms with Gasteiger partial charge in [-0.2, -0.15) is 0 Å². The highest BCUT2D eigenvalue weighted by atomic mass is 35.5. The van der Waals surface area contributed by atoms with Gasteiger partial charge in [-0.1, -0.05) is 35.7 Å². The lowest BCUT2D eigenvalue weighted by atomic mass is 10.2. The molecule has 126 valence electrons. The van der Waals surface area contributed by atoms with Crippen LogP contribution in [0.25, 0.3) is 10.2 Å². The molecule has 2 heterocycles. The van der Waals surface area contributed by atoms with Crippen LogP contribution in [0.15, 0.2) is 46.8 Å². The molecule has 0 saturated carbocycles. The molecule has 0 bridgehead atoms. The molecule has 3 rings (SSSR count). The van der Waals surface area contributed by atoms with E-state index in [1.54, 1.807) is 17.5 Å². The van der Waals surface area contributed by atoms with Crippen LogP contribution in [0.5, 0.6) is 0 Å². The third-order valence-electron chi connectivity index (χ3n) is 3.71. The molecule has 0 radical (unpaired) electrons. The molecular formula is C18H14ClN3O2S. The average Bonchev–Trinajstić information content (AvgIpc) is 3.08. The van der Waals surface area contributed by atoms with Gasteiger partial charge in [-0.3, -0.25) is 14.2 Å². The number of rotatable bonds is 5. The smallest absolute Gasteiger partial charge is 0.262 e. The van der Waals surface area contributed by atoms with Gasteiger partial charge in [0.1, 0.15) is 11.4 Å². The molecule has 1 aromatic carbocycles. The van der Waals surface area contributed by atoms with E-state index in [-0.39, 0.29) is 31.1 Å². The second-order valence-corrected chi connectivity index (χ2v) is 6.66. The number of fused-ring (bicyclic) bond motifs is 1. The zero-order valence-electron chi connectivity index (χ0n) is 13.2. The SMILES string of the molecule is C#CCN(Cc1ccccc1Cl)C(=O)Cn1cnc2sccc2c1=O. The van der Waals surface area contributed by atoms with Crippen LogP contribution in [0.4, 0.5) is 0 Å². The maximum atomic E-state index is 12.6. The van der Waals surface area contributed by atoms with Crippen molar-refractivity contribution in [2.75, 3.05) is 6.54 Å². The van der Waals surface area contributed by atoms with E-state index in [9.17, 15) is 9.59 Å². The Morgan fingerprint density at radius 1 is 1.36 bits per heavy atom.